The first-order valence-corrected chi connectivity index (χ1v) is 11.8. The topological polar surface area (TPSA) is 51.9 Å². The Hall–Kier alpha value is -3.50. The van der Waals surface area contributed by atoms with Crippen LogP contribution in [0.15, 0.2) is 72.8 Å². The molecule has 0 unspecified atom stereocenters. The van der Waals surface area contributed by atoms with Crippen LogP contribution in [0.2, 0.25) is 0 Å². The third kappa shape index (κ3) is 2.56. The van der Waals surface area contributed by atoms with Gasteiger partial charge >= 0.3 is 0 Å². The maximum Gasteiger partial charge on any atom is 0.246 e. The summed E-state index contributed by atoms with van der Waals surface area (Å²) in [7, 11) is 0. The number of benzene rings is 3. The van der Waals surface area contributed by atoms with Crippen molar-refractivity contribution in [1.82, 2.24) is 9.97 Å². The third-order valence-corrected chi connectivity index (χ3v) is 7.18. The van der Waals surface area contributed by atoms with E-state index in [1.807, 2.05) is 47.4 Å². The molecule has 2 N–H and O–H groups in total. The Bertz CT molecular complexity index is 1460. The van der Waals surface area contributed by atoms with Gasteiger partial charge in [0.1, 0.15) is 5.41 Å². The van der Waals surface area contributed by atoms with Gasteiger partial charge in [0.05, 0.1) is 0 Å². The fraction of sp³-hybridized carbons (Fsp3) is 0.179. The highest BCUT2D eigenvalue weighted by Gasteiger charge is 2.56. The van der Waals surface area contributed by atoms with Crippen LogP contribution in [0.3, 0.4) is 0 Å². The highest BCUT2D eigenvalue weighted by atomic mass is 35.5. The number of carbonyl (C=O) groups excluding carboxylic acids is 1. The molecule has 0 spiro atoms. The molecule has 0 radical (unpaired) electrons. The van der Waals surface area contributed by atoms with Crippen molar-refractivity contribution in [3.05, 3.63) is 101 Å². The molecule has 1 aliphatic heterocycles. The summed E-state index contributed by atoms with van der Waals surface area (Å²) in [5.74, 6) is 0.417. The normalized spacial score (nSPS) is 15.0. The first-order valence-electron chi connectivity index (χ1n) is 11.2. The van der Waals surface area contributed by atoms with E-state index < -0.39 is 5.41 Å². The van der Waals surface area contributed by atoms with E-state index in [1.165, 1.54) is 0 Å². The number of alkyl halides is 1. The summed E-state index contributed by atoms with van der Waals surface area (Å²) < 4.78 is 0. The first kappa shape index (κ1) is 20.1. The van der Waals surface area contributed by atoms with Crippen LogP contribution in [0.4, 0.5) is 5.69 Å². The average Bonchev–Trinajstić information content (AvgIpc) is 3.42. The SMILES string of the molecule is Cc1[nH]c2ccccc2c1C1(c2c(C)[nH]c3ccccc23)C(=O)N(CCCl)c2ccccc21. The number of rotatable bonds is 4. The van der Waals surface area contributed by atoms with Crippen LogP contribution in [0.5, 0.6) is 0 Å². The molecule has 5 aromatic rings. The van der Waals surface area contributed by atoms with Crippen molar-refractivity contribution in [1.29, 1.82) is 0 Å². The molecule has 0 atom stereocenters. The van der Waals surface area contributed by atoms with E-state index >= 15 is 0 Å². The fourth-order valence-electron chi connectivity index (χ4n) is 5.89. The van der Waals surface area contributed by atoms with Gasteiger partial charge < -0.3 is 14.9 Å². The number of aromatic amines is 2. The van der Waals surface area contributed by atoms with Gasteiger partial charge in [0.25, 0.3) is 0 Å². The Labute approximate surface area is 197 Å². The summed E-state index contributed by atoms with van der Waals surface area (Å²) in [4.78, 5) is 23.7. The van der Waals surface area contributed by atoms with Gasteiger partial charge in [-0.05, 0) is 32.0 Å². The molecule has 0 bridgehead atoms. The molecular weight excluding hydrogens is 430 g/mol. The van der Waals surface area contributed by atoms with Gasteiger partial charge in [-0.3, -0.25) is 4.79 Å². The largest absolute Gasteiger partial charge is 0.358 e. The molecule has 0 fully saturated rings. The smallest absolute Gasteiger partial charge is 0.246 e. The number of aryl methyl sites for hydroxylation is 2. The Morgan fingerprint density at radius 1 is 0.788 bits per heavy atom. The van der Waals surface area contributed by atoms with Gasteiger partial charge in [-0.25, -0.2) is 0 Å². The molecule has 33 heavy (non-hydrogen) atoms. The van der Waals surface area contributed by atoms with Crippen LogP contribution < -0.4 is 4.90 Å². The summed E-state index contributed by atoms with van der Waals surface area (Å²) >= 11 is 6.20. The molecule has 1 amide bonds. The minimum absolute atomic E-state index is 0.0463. The molecule has 0 aliphatic carbocycles. The molecule has 5 heteroatoms. The second-order valence-corrected chi connectivity index (χ2v) is 9.13. The Morgan fingerprint density at radius 2 is 1.30 bits per heavy atom. The zero-order valence-corrected chi connectivity index (χ0v) is 19.3. The van der Waals surface area contributed by atoms with Crippen molar-refractivity contribution in [2.75, 3.05) is 17.3 Å². The van der Waals surface area contributed by atoms with Crippen molar-refractivity contribution in [2.24, 2.45) is 0 Å². The second kappa shape index (κ2) is 7.26. The van der Waals surface area contributed by atoms with Gasteiger partial charge in [-0.2, -0.15) is 0 Å². The van der Waals surface area contributed by atoms with Gasteiger partial charge in [0, 0.05) is 68.0 Å². The van der Waals surface area contributed by atoms with E-state index in [1.54, 1.807) is 0 Å². The summed E-state index contributed by atoms with van der Waals surface area (Å²) in [6, 6.07) is 24.7. The van der Waals surface area contributed by atoms with E-state index in [0.717, 1.165) is 55.6 Å². The maximum atomic E-state index is 14.7. The summed E-state index contributed by atoms with van der Waals surface area (Å²) in [6.45, 7) is 4.60. The number of nitrogens with zero attached hydrogens (tertiary/aromatic N) is 1. The van der Waals surface area contributed by atoms with Crippen molar-refractivity contribution in [3.63, 3.8) is 0 Å². The Kier molecular flexibility index (Phi) is 4.43. The number of anilines is 1. The standard InChI is InChI=1S/C28H24ClN3O/c1-17-25(19-9-3-6-12-22(19)30-17)28(26-18(2)31-23-13-7-4-10-20(23)26)21-11-5-8-14-24(21)32(16-15-29)27(28)33/h3-14,30-31H,15-16H2,1-2H3. The molecule has 4 nitrogen and oxygen atoms in total. The molecule has 2 aromatic heterocycles. The molecular formula is C28H24ClN3O. The van der Waals surface area contributed by atoms with Crippen LogP contribution in [0, 0.1) is 13.8 Å². The molecule has 1 aliphatic rings. The number of hydrogen-bond acceptors (Lipinski definition) is 1. The Balaban J connectivity index is 1.84. The number of carbonyl (C=O) groups is 1. The summed E-state index contributed by atoms with van der Waals surface area (Å²) in [6.07, 6.45) is 0. The van der Waals surface area contributed by atoms with Crippen molar-refractivity contribution in [3.8, 4) is 0 Å². The minimum atomic E-state index is -0.990. The van der Waals surface area contributed by atoms with E-state index in [0.29, 0.717) is 12.4 Å². The van der Waals surface area contributed by atoms with Crippen LogP contribution in [0.1, 0.15) is 28.1 Å². The number of fused-ring (bicyclic) bond motifs is 3. The van der Waals surface area contributed by atoms with E-state index in [2.05, 4.69) is 54.1 Å². The molecule has 6 rings (SSSR count). The first-order chi connectivity index (χ1) is 16.1. The zero-order valence-electron chi connectivity index (χ0n) is 18.6. The monoisotopic (exact) mass is 453 g/mol. The summed E-state index contributed by atoms with van der Waals surface area (Å²) in [5.41, 5.74) is 7.02. The predicted octanol–water partition coefficient (Wildman–Crippen LogP) is 6.19. The van der Waals surface area contributed by atoms with Gasteiger partial charge in [0.2, 0.25) is 5.91 Å². The molecule has 3 heterocycles. The van der Waals surface area contributed by atoms with Crippen molar-refractivity contribution < 1.29 is 4.79 Å². The Morgan fingerprint density at radius 3 is 1.88 bits per heavy atom. The second-order valence-electron chi connectivity index (χ2n) is 8.75. The highest BCUT2D eigenvalue weighted by molar-refractivity contribution is 6.20. The molecule has 0 saturated carbocycles. The van der Waals surface area contributed by atoms with Crippen LogP contribution in [-0.2, 0) is 10.2 Å². The number of para-hydroxylation sites is 3. The minimum Gasteiger partial charge on any atom is -0.358 e. The number of H-pyrrole nitrogens is 2. The lowest BCUT2D eigenvalue weighted by Gasteiger charge is -2.31. The van der Waals surface area contributed by atoms with Crippen LogP contribution in [0.25, 0.3) is 21.8 Å². The lowest BCUT2D eigenvalue weighted by atomic mass is 9.68. The quantitative estimate of drug-likeness (QED) is 0.313. The lowest BCUT2D eigenvalue weighted by molar-refractivity contribution is -0.120. The lowest BCUT2D eigenvalue weighted by Crippen LogP contribution is -2.43. The van der Waals surface area contributed by atoms with Crippen molar-refractivity contribution in [2.45, 2.75) is 19.3 Å². The van der Waals surface area contributed by atoms with E-state index in [9.17, 15) is 4.79 Å². The van der Waals surface area contributed by atoms with Crippen LogP contribution in [-0.4, -0.2) is 28.3 Å². The van der Waals surface area contributed by atoms with Crippen molar-refractivity contribution >= 4 is 45.0 Å². The number of hydrogen-bond donors (Lipinski definition) is 2. The maximum absolute atomic E-state index is 14.7. The van der Waals surface area contributed by atoms with Gasteiger partial charge in [-0.1, -0.05) is 54.6 Å². The fourth-order valence-corrected chi connectivity index (χ4v) is 6.06. The van der Waals surface area contributed by atoms with Crippen LogP contribution >= 0.6 is 11.6 Å². The molecule has 0 saturated heterocycles. The number of amides is 1. The highest BCUT2D eigenvalue weighted by Crippen LogP contribution is 2.55. The number of halogens is 1. The molecule has 164 valence electrons. The average molecular weight is 454 g/mol. The third-order valence-electron chi connectivity index (χ3n) is 7.01. The predicted molar refractivity (Wildman–Crippen MR) is 135 cm³/mol. The van der Waals surface area contributed by atoms with E-state index in [4.69, 9.17) is 11.6 Å². The number of aromatic nitrogens is 2. The molecule has 3 aromatic carbocycles. The zero-order chi connectivity index (χ0) is 22.7. The van der Waals surface area contributed by atoms with Gasteiger partial charge in [-0.15, -0.1) is 11.6 Å². The van der Waals surface area contributed by atoms with Gasteiger partial charge in [0.15, 0.2) is 0 Å². The number of nitrogens with one attached hydrogen (secondary N) is 2. The van der Waals surface area contributed by atoms with E-state index in [-0.39, 0.29) is 5.91 Å². The summed E-state index contributed by atoms with van der Waals surface area (Å²) in [5, 5.41) is 2.13.